The second-order valence-electron chi connectivity index (χ2n) is 5.06. The number of likely N-dealkylation sites (N-methyl/N-ethyl adjacent to an activating group) is 1. The van der Waals surface area contributed by atoms with Gasteiger partial charge in [-0.15, -0.1) is 0 Å². The molecule has 3 heteroatoms. The van der Waals surface area contributed by atoms with E-state index in [1.165, 1.54) is 25.9 Å². The Labute approximate surface area is 99.8 Å². The van der Waals surface area contributed by atoms with E-state index in [1.54, 1.807) is 0 Å². The van der Waals surface area contributed by atoms with Crippen LogP contribution in [0, 0.1) is 0 Å². The van der Waals surface area contributed by atoms with E-state index in [0.29, 0.717) is 18.2 Å². The fourth-order valence-corrected chi connectivity index (χ4v) is 2.33. The molecule has 1 unspecified atom stereocenters. The Kier molecular flexibility index (Phi) is 5.99. The largest absolute Gasteiger partial charge is 0.305 e. The van der Waals surface area contributed by atoms with Gasteiger partial charge in [0.25, 0.3) is 0 Å². The molecule has 0 spiro atoms. The Morgan fingerprint density at radius 2 is 2.19 bits per heavy atom. The summed E-state index contributed by atoms with van der Waals surface area (Å²) in [5, 5.41) is 0. The molecule has 0 bridgehead atoms. The van der Waals surface area contributed by atoms with Crippen LogP contribution < -0.4 is 0 Å². The van der Waals surface area contributed by atoms with Crippen LogP contribution in [0.1, 0.15) is 39.0 Å². The fraction of sp³-hybridized carbons (Fsp3) is 0.923. The molecule has 1 fully saturated rings. The maximum absolute atomic E-state index is 11.2. The highest BCUT2D eigenvalue weighted by molar-refractivity contribution is 5.77. The van der Waals surface area contributed by atoms with Gasteiger partial charge in [-0.25, -0.2) is 0 Å². The molecule has 0 radical (unpaired) electrons. The third kappa shape index (κ3) is 4.62. The van der Waals surface area contributed by atoms with Crippen molar-refractivity contribution in [3.8, 4) is 0 Å². The van der Waals surface area contributed by atoms with E-state index in [0.717, 1.165) is 19.4 Å². The zero-order valence-electron chi connectivity index (χ0n) is 11.0. The molecule has 0 saturated carbocycles. The van der Waals surface area contributed by atoms with Crippen LogP contribution in [0.4, 0.5) is 0 Å². The predicted octanol–water partition coefficient (Wildman–Crippen LogP) is 1.77. The summed E-state index contributed by atoms with van der Waals surface area (Å²) in [6.07, 6.45) is 5.11. The Morgan fingerprint density at radius 1 is 1.44 bits per heavy atom. The minimum absolute atomic E-state index is 0.404. The molecule has 0 aliphatic carbocycles. The van der Waals surface area contributed by atoms with E-state index in [9.17, 15) is 4.79 Å². The average Bonchev–Trinajstić information content (AvgIpc) is 2.29. The first kappa shape index (κ1) is 13.7. The highest BCUT2D eigenvalue weighted by atomic mass is 16.1. The van der Waals surface area contributed by atoms with Gasteiger partial charge in [0.05, 0.1) is 0 Å². The SMILES string of the molecule is CCC(=O)CCCN1CCCC(N(C)C)C1. The molecule has 1 rings (SSSR count). The van der Waals surface area contributed by atoms with Gasteiger partial charge in [0.15, 0.2) is 0 Å². The standard InChI is InChI=1S/C13H26N2O/c1-4-13(16)8-6-10-15-9-5-7-12(11-15)14(2)3/h12H,4-11H2,1-3H3. The fourth-order valence-electron chi connectivity index (χ4n) is 2.33. The van der Waals surface area contributed by atoms with Crippen LogP contribution in [-0.2, 0) is 4.79 Å². The van der Waals surface area contributed by atoms with Gasteiger partial charge >= 0.3 is 0 Å². The van der Waals surface area contributed by atoms with Gasteiger partial charge in [-0.3, -0.25) is 4.79 Å². The monoisotopic (exact) mass is 226 g/mol. The molecule has 94 valence electrons. The van der Waals surface area contributed by atoms with Crippen molar-refractivity contribution in [2.24, 2.45) is 0 Å². The summed E-state index contributed by atoms with van der Waals surface area (Å²) in [7, 11) is 4.32. The molecule has 1 heterocycles. The zero-order valence-corrected chi connectivity index (χ0v) is 11.0. The molecule has 1 aliphatic heterocycles. The third-order valence-corrected chi connectivity index (χ3v) is 3.54. The van der Waals surface area contributed by atoms with E-state index in [1.807, 2.05) is 6.92 Å². The Balaban J connectivity index is 2.19. The van der Waals surface area contributed by atoms with E-state index in [4.69, 9.17) is 0 Å². The van der Waals surface area contributed by atoms with Gasteiger partial charge < -0.3 is 9.80 Å². The molecule has 0 N–H and O–H groups in total. The van der Waals surface area contributed by atoms with E-state index < -0.39 is 0 Å². The number of hydrogen-bond acceptors (Lipinski definition) is 3. The number of piperidine rings is 1. The summed E-state index contributed by atoms with van der Waals surface area (Å²) in [4.78, 5) is 16.0. The molecule has 0 aromatic carbocycles. The minimum Gasteiger partial charge on any atom is -0.305 e. The molecule has 1 atom stereocenters. The molecule has 16 heavy (non-hydrogen) atoms. The third-order valence-electron chi connectivity index (χ3n) is 3.54. The quantitative estimate of drug-likeness (QED) is 0.689. The molecule has 1 aliphatic rings. The van der Waals surface area contributed by atoms with E-state index >= 15 is 0 Å². The van der Waals surface area contributed by atoms with E-state index in [-0.39, 0.29) is 0 Å². The maximum atomic E-state index is 11.2. The summed E-state index contributed by atoms with van der Waals surface area (Å²) < 4.78 is 0. The Morgan fingerprint density at radius 3 is 2.81 bits per heavy atom. The number of Topliss-reactive ketones (excluding diaryl/α,β-unsaturated/α-hetero) is 1. The molecule has 0 aromatic rings. The lowest BCUT2D eigenvalue weighted by atomic mass is 10.0. The maximum Gasteiger partial charge on any atom is 0.132 e. The highest BCUT2D eigenvalue weighted by Crippen LogP contribution is 2.14. The van der Waals surface area contributed by atoms with Crippen LogP contribution in [-0.4, -0.2) is 55.4 Å². The van der Waals surface area contributed by atoms with Crippen LogP contribution in [0.5, 0.6) is 0 Å². The molecule has 0 amide bonds. The Bertz CT molecular complexity index is 216. The number of carbonyl (C=O) groups is 1. The van der Waals surface area contributed by atoms with Crippen molar-refractivity contribution in [1.29, 1.82) is 0 Å². The predicted molar refractivity (Wildman–Crippen MR) is 67.7 cm³/mol. The van der Waals surface area contributed by atoms with Gasteiger partial charge in [-0.1, -0.05) is 6.92 Å². The van der Waals surface area contributed by atoms with Crippen molar-refractivity contribution in [3.05, 3.63) is 0 Å². The van der Waals surface area contributed by atoms with Crippen molar-refractivity contribution in [1.82, 2.24) is 9.80 Å². The van der Waals surface area contributed by atoms with Crippen LogP contribution in [0.3, 0.4) is 0 Å². The summed E-state index contributed by atoms with van der Waals surface area (Å²) in [5.41, 5.74) is 0. The van der Waals surface area contributed by atoms with Crippen molar-refractivity contribution >= 4 is 5.78 Å². The number of rotatable bonds is 6. The lowest BCUT2D eigenvalue weighted by molar-refractivity contribution is -0.118. The van der Waals surface area contributed by atoms with E-state index in [2.05, 4.69) is 23.9 Å². The smallest absolute Gasteiger partial charge is 0.132 e. The molecule has 3 nitrogen and oxygen atoms in total. The van der Waals surface area contributed by atoms with Crippen LogP contribution in [0.15, 0.2) is 0 Å². The van der Waals surface area contributed by atoms with Gasteiger partial charge in [-0.05, 0) is 46.4 Å². The van der Waals surface area contributed by atoms with Crippen molar-refractivity contribution in [3.63, 3.8) is 0 Å². The summed E-state index contributed by atoms with van der Waals surface area (Å²) >= 11 is 0. The van der Waals surface area contributed by atoms with Crippen LogP contribution in [0.2, 0.25) is 0 Å². The topological polar surface area (TPSA) is 23.6 Å². The van der Waals surface area contributed by atoms with Crippen molar-refractivity contribution in [2.75, 3.05) is 33.7 Å². The van der Waals surface area contributed by atoms with Crippen LogP contribution >= 0.6 is 0 Å². The van der Waals surface area contributed by atoms with Crippen molar-refractivity contribution in [2.45, 2.75) is 45.1 Å². The molecular weight excluding hydrogens is 200 g/mol. The summed E-state index contributed by atoms with van der Waals surface area (Å²) in [6.45, 7) is 5.43. The normalized spacial score (nSPS) is 22.6. The Hall–Kier alpha value is -0.410. The van der Waals surface area contributed by atoms with Gasteiger partial charge in [0.2, 0.25) is 0 Å². The molecule has 0 aromatic heterocycles. The number of carbonyl (C=O) groups excluding carboxylic acids is 1. The van der Waals surface area contributed by atoms with Crippen molar-refractivity contribution < 1.29 is 4.79 Å². The minimum atomic E-state index is 0.404. The molecular formula is C13H26N2O. The zero-order chi connectivity index (χ0) is 12.0. The summed E-state index contributed by atoms with van der Waals surface area (Å²) in [5.74, 6) is 0.404. The lowest BCUT2D eigenvalue weighted by Crippen LogP contribution is -2.45. The van der Waals surface area contributed by atoms with Crippen LogP contribution in [0.25, 0.3) is 0 Å². The second-order valence-corrected chi connectivity index (χ2v) is 5.06. The second kappa shape index (κ2) is 7.02. The van der Waals surface area contributed by atoms with Gasteiger partial charge in [0.1, 0.15) is 5.78 Å². The average molecular weight is 226 g/mol. The van der Waals surface area contributed by atoms with Gasteiger partial charge in [-0.2, -0.15) is 0 Å². The highest BCUT2D eigenvalue weighted by Gasteiger charge is 2.20. The first-order chi connectivity index (χ1) is 7.63. The molecule has 1 saturated heterocycles. The number of ketones is 1. The summed E-state index contributed by atoms with van der Waals surface area (Å²) in [6, 6.07) is 0.704. The number of nitrogens with zero attached hydrogens (tertiary/aromatic N) is 2. The first-order valence-electron chi connectivity index (χ1n) is 6.54. The lowest BCUT2D eigenvalue weighted by Gasteiger charge is -2.36. The van der Waals surface area contributed by atoms with Gasteiger partial charge in [0, 0.05) is 25.4 Å². The number of hydrogen-bond donors (Lipinski definition) is 0. The first-order valence-corrected chi connectivity index (χ1v) is 6.54. The number of likely N-dealkylation sites (tertiary alicyclic amines) is 1.